The van der Waals surface area contributed by atoms with E-state index in [4.69, 9.17) is 11.6 Å². The molecular formula is C12H7BrClFN2O. The summed E-state index contributed by atoms with van der Waals surface area (Å²) in [7, 11) is 0. The molecule has 2 aromatic rings. The summed E-state index contributed by atoms with van der Waals surface area (Å²) in [5.74, 6) is -0.909. The highest BCUT2D eigenvalue weighted by atomic mass is 79.9. The molecule has 6 heteroatoms. The molecule has 0 unspecified atom stereocenters. The lowest BCUT2D eigenvalue weighted by molar-refractivity contribution is 0.102. The van der Waals surface area contributed by atoms with E-state index in [1.165, 1.54) is 12.1 Å². The Morgan fingerprint density at radius 2 is 2.11 bits per heavy atom. The van der Waals surface area contributed by atoms with Crippen molar-refractivity contribution in [2.24, 2.45) is 0 Å². The number of benzene rings is 1. The van der Waals surface area contributed by atoms with Crippen LogP contribution in [0.25, 0.3) is 0 Å². The third-order valence-corrected chi connectivity index (χ3v) is 2.81. The van der Waals surface area contributed by atoms with Gasteiger partial charge in [-0.15, -0.1) is 0 Å². The van der Waals surface area contributed by atoms with E-state index in [0.29, 0.717) is 10.4 Å². The number of carbonyl (C=O) groups excluding carboxylic acids is 1. The predicted octanol–water partition coefficient (Wildman–Crippen LogP) is 3.89. The normalized spacial score (nSPS) is 10.2. The number of aromatic nitrogens is 1. The van der Waals surface area contributed by atoms with Gasteiger partial charge in [0.25, 0.3) is 5.91 Å². The molecule has 92 valence electrons. The van der Waals surface area contributed by atoms with Gasteiger partial charge in [-0.1, -0.05) is 17.7 Å². The van der Waals surface area contributed by atoms with Crippen LogP contribution in [-0.4, -0.2) is 10.9 Å². The molecule has 1 N–H and O–H groups in total. The predicted molar refractivity (Wildman–Crippen MR) is 71.3 cm³/mol. The van der Waals surface area contributed by atoms with Crippen LogP contribution in [0.2, 0.25) is 5.02 Å². The largest absolute Gasteiger partial charge is 0.306 e. The Bertz CT molecular complexity index is 606. The number of hydrogen-bond donors (Lipinski definition) is 1. The van der Waals surface area contributed by atoms with Gasteiger partial charge < -0.3 is 5.32 Å². The molecule has 1 heterocycles. The van der Waals surface area contributed by atoms with Crippen molar-refractivity contribution in [2.75, 3.05) is 5.32 Å². The Balaban J connectivity index is 2.22. The Kier molecular flexibility index (Phi) is 3.93. The van der Waals surface area contributed by atoms with Crippen LogP contribution in [0.15, 0.2) is 41.0 Å². The maximum absolute atomic E-state index is 13.5. The summed E-state index contributed by atoms with van der Waals surface area (Å²) in [4.78, 5) is 15.8. The molecule has 0 fully saturated rings. The van der Waals surface area contributed by atoms with Crippen LogP contribution in [0, 0.1) is 5.82 Å². The van der Waals surface area contributed by atoms with Gasteiger partial charge in [0, 0.05) is 5.02 Å². The number of halogens is 3. The molecule has 0 aliphatic rings. The number of amides is 1. The zero-order chi connectivity index (χ0) is 13.1. The molecule has 0 spiro atoms. The molecule has 18 heavy (non-hydrogen) atoms. The summed E-state index contributed by atoms with van der Waals surface area (Å²) in [6.45, 7) is 0. The van der Waals surface area contributed by atoms with Crippen LogP contribution in [-0.2, 0) is 0 Å². The molecule has 1 amide bonds. The second-order valence-electron chi connectivity index (χ2n) is 3.42. The van der Waals surface area contributed by atoms with E-state index in [0.717, 1.165) is 6.07 Å². The van der Waals surface area contributed by atoms with E-state index >= 15 is 0 Å². The first-order valence-corrected chi connectivity index (χ1v) is 6.12. The quantitative estimate of drug-likeness (QED) is 0.849. The minimum Gasteiger partial charge on any atom is -0.306 e. The number of carbonyl (C=O) groups is 1. The molecule has 3 nitrogen and oxygen atoms in total. The Labute approximate surface area is 116 Å². The fourth-order valence-electron chi connectivity index (χ4n) is 1.34. The van der Waals surface area contributed by atoms with E-state index < -0.39 is 11.7 Å². The molecule has 0 saturated heterocycles. The average Bonchev–Trinajstić information content (AvgIpc) is 2.28. The standard InChI is InChI=1S/C12H7BrClFN2O/c13-10-2-1-3-11(16-10)17-12(18)8-5-4-7(14)6-9(8)15/h1-6H,(H,16,17,18). The van der Waals surface area contributed by atoms with Crippen LogP contribution in [0.1, 0.15) is 10.4 Å². The minimum atomic E-state index is -0.671. The first kappa shape index (κ1) is 13.0. The highest BCUT2D eigenvalue weighted by molar-refractivity contribution is 9.10. The molecule has 1 aromatic heterocycles. The van der Waals surface area contributed by atoms with Crippen LogP contribution in [0.3, 0.4) is 0 Å². The number of hydrogen-bond acceptors (Lipinski definition) is 2. The van der Waals surface area contributed by atoms with E-state index in [9.17, 15) is 9.18 Å². The third-order valence-electron chi connectivity index (χ3n) is 2.13. The lowest BCUT2D eigenvalue weighted by Crippen LogP contribution is -2.14. The van der Waals surface area contributed by atoms with Crippen molar-refractivity contribution >= 4 is 39.3 Å². The highest BCUT2D eigenvalue weighted by Crippen LogP contribution is 2.16. The monoisotopic (exact) mass is 328 g/mol. The molecule has 0 bridgehead atoms. The second-order valence-corrected chi connectivity index (χ2v) is 4.67. The van der Waals surface area contributed by atoms with Crippen LogP contribution >= 0.6 is 27.5 Å². The fraction of sp³-hybridized carbons (Fsp3) is 0. The van der Waals surface area contributed by atoms with Gasteiger partial charge in [0.2, 0.25) is 0 Å². The van der Waals surface area contributed by atoms with Crippen molar-refractivity contribution in [1.29, 1.82) is 0 Å². The van der Waals surface area contributed by atoms with Crippen molar-refractivity contribution in [1.82, 2.24) is 4.98 Å². The highest BCUT2D eigenvalue weighted by Gasteiger charge is 2.12. The molecule has 0 atom stereocenters. The number of anilines is 1. The second kappa shape index (κ2) is 5.46. The fourth-order valence-corrected chi connectivity index (χ4v) is 1.84. The smallest absolute Gasteiger partial charge is 0.259 e. The lowest BCUT2D eigenvalue weighted by Gasteiger charge is -2.05. The number of rotatable bonds is 2. The Morgan fingerprint density at radius 1 is 1.33 bits per heavy atom. The molecule has 0 aliphatic heterocycles. The van der Waals surface area contributed by atoms with E-state index in [-0.39, 0.29) is 10.6 Å². The van der Waals surface area contributed by atoms with Crippen molar-refractivity contribution in [3.63, 3.8) is 0 Å². The van der Waals surface area contributed by atoms with Crippen LogP contribution < -0.4 is 5.32 Å². The van der Waals surface area contributed by atoms with Crippen molar-refractivity contribution in [3.8, 4) is 0 Å². The zero-order valence-electron chi connectivity index (χ0n) is 8.95. The number of nitrogens with one attached hydrogen (secondary N) is 1. The minimum absolute atomic E-state index is 0.0822. The summed E-state index contributed by atoms with van der Waals surface area (Å²) in [5.41, 5.74) is -0.0822. The van der Waals surface area contributed by atoms with Gasteiger partial charge in [-0.25, -0.2) is 9.37 Å². The first-order valence-electron chi connectivity index (χ1n) is 4.95. The lowest BCUT2D eigenvalue weighted by atomic mass is 10.2. The van der Waals surface area contributed by atoms with Crippen molar-refractivity contribution in [3.05, 3.63) is 57.4 Å². The van der Waals surface area contributed by atoms with Crippen LogP contribution in [0.5, 0.6) is 0 Å². The van der Waals surface area contributed by atoms with Gasteiger partial charge in [0.15, 0.2) is 0 Å². The summed E-state index contributed by atoms with van der Waals surface area (Å²) < 4.78 is 14.1. The Morgan fingerprint density at radius 3 is 2.78 bits per heavy atom. The SMILES string of the molecule is O=C(Nc1cccc(Br)n1)c1ccc(Cl)cc1F. The maximum Gasteiger partial charge on any atom is 0.259 e. The summed E-state index contributed by atoms with van der Waals surface area (Å²) in [5, 5.41) is 2.74. The van der Waals surface area contributed by atoms with E-state index in [1.807, 2.05) is 0 Å². The summed E-state index contributed by atoms with van der Waals surface area (Å²) in [6, 6.07) is 8.91. The molecule has 0 saturated carbocycles. The van der Waals surface area contributed by atoms with Gasteiger partial charge in [-0.2, -0.15) is 0 Å². The molecule has 1 aromatic carbocycles. The summed E-state index contributed by atoms with van der Waals surface area (Å²) in [6.07, 6.45) is 0. The summed E-state index contributed by atoms with van der Waals surface area (Å²) >= 11 is 8.79. The van der Waals surface area contributed by atoms with Gasteiger partial charge in [0.05, 0.1) is 5.56 Å². The zero-order valence-corrected chi connectivity index (χ0v) is 11.3. The van der Waals surface area contributed by atoms with Gasteiger partial charge in [0.1, 0.15) is 16.2 Å². The molecule has 0 radical (unpaired) electrons. The molecule has 2 rings (SSSR count). The topological polar surface area (TPSA) is 42.0 Å². The van der Waals surface area contributed by atoms with Crippen molar-refractivity contribution in [2.45, 2.75) is 0 Å². The Hall–Kier alpha value is -1.46. The van der Waals surface area contributed by atoms with Gasteiger partial charge in [-0.05, 0) is 46.3 Å². The first-order chi connectivity index (χ1) is 8.56. The number of nitrogens with zero attached hydrogens (tertiary/aromatic N) is 1. The average molecular weight is 330 g/mol. The van der Waals surface area contributed by atoms with Crippen LogP contribution in [0.4, 0.5) is 10.2 Å². The molecule has 0 aliphatic carbocycles. The van der Waals surface area contributed by atoms with Gasteiger partial charge in [-0.3, -0.25) is 4.79 Å². The number of pyridine rings is 1. The third kappa shape index (κ3) is 3.05. The van der Waals surface area contributed by atoms with Crippen molar-refractivity contribution < 1.29 is 9.18 Å². The van der Waals surface area contributed by atoms with E-state index in [1.54, 1.807) is 18.2 Å². The van der Waals surface area contributed by atoms with Gasteiger partial charge >= 0.3 is 0 Å². The van der Waals surface area contributed by atoms with E-state index in [2.05, 4.69) is 26.2 Å². The molecular weight excluding hydrogens is 322 g/mol. The maximum atomic E-state index is 13.5.